The first kappa shape index (κ1) is 16.7. The molecule has 0 aliphatic carbocycles. The lowest BCUT2D eigenvalue weighted by atomic mass is 9.96. The SMILES string of the molecule is CC[C@H](C)[C@H](NC(=O)N(C)CC(C)(C)C)C(=O)O. The van der Waals surface area contributed by atoms with Gasteiger partial charge >= 0.3 is 12.0 Å². The van der Waals surface area contributed by atoms with Crippen molar-refractivity contribution in [3.05, 3.63) is 0 Å². The fraction of sp³-hybridized carbons (Fsp3) is 0.846. The number of hydrogen-bond acceptors (Lipinski definition) is 2. The molecule has 0 saturated heterocycles. The van der Waals surface area contributed by atoms with Crippen LogP contribution in [0, 0.1) is 11.3 Å². The van der Waals surface area contributed by atoms with Gasteiger partial charge in [0.1, 0.15) is 6.04 Å². The maximum atomic E-state index is 11.9. The lowest BCUT2D eigenvalue weighted by Gasteiger charge is -2.29. The smallest absolute Gasteiger partial charge is 0.326 e. The highest BCUT2D eigenvalue weighted by Gasteiger charge is 2.27. The fourth-order valence-electron chi connectivity index (χ4n) is 1.71. The van der Waals surface area contributed by atoms with Gasteiger partial charge in [0.25, 0.3) is 0 Å². The number of carboxylic acid groups (broad SMARTS) is 1. The van der Waals surface area contributed by atoms with Gasteiger partial charge in [-0.1, -0.05) is 41.0 Å². The van der Waals surface area contributed by atoms with Gasteiger partial charge in [-0.3, -0.25) is 0 Å². The van der Waals surface area contributed by atoms with Crippen LogP contribution in [0.3, 0.4) is 0 Å². The second-order valence-electron chi connectivity index (χ2n) is 6.07. The summed E-state index contributed by atoms with van der Waals surface area (Å²) in [6, 6.07) is -1.16. The van der Waals surface area contributed by atoms with Crippen molar-refractivity contribution in [2.75, 3.05) is 13.6 Å². The third-order valence-electron chi connectivity index (χ3n) is 2.82. The molecule has 18 heavy (non-hydrogen) atoms. The van der Waals surface area contributed by atoms with E-state index in [4.69, 9.17) is 5.11 Å². The summed E-state index contributed by atoms with van der Waals surface area (Å²) in [7, 11) is 1.68. The Morgan fingerprint density at radius 2 is 1.83 bits per heavy atom. The van der Waals surface area contributed by atoms with Crippen LogP contribution >= 0.6 is 0 Å². The average Bonchev–Trinajstić information content (AvgIpc) is 2.21. The molecule has 0 radical (unpaired) electrons. The number of nitrogens with zero attached hydrogens (tertiary/aromatic N) is 1. The molecule has 0 fully saturated rings. The van der Waals surface area contributed by atoms with Gasteiger partial charge in [-0.15, -0.1) is 0 Å². The van der Waals surface area contributed by atoms with E-state index < -0.39 is 12.0 Å². The zero-order valence-electron chi connectivity index (χ0n) is 12.3. The maximum absolute atomic E-state index is 11.9. The second-order valence-corrected chi connectivity index (χ2v) is 6.07. The molecule has 0 spiro atoms. The topological polar surface area (TPSA) is 69.6 Å². The Hall–Kier alpha value is -1.26. The second kappa shape index (κ2) is 6.61. The summed E-state index contributed by atoms with van der Waals surface area (Å²) in [4.78, 5) is 24.5. The minimum absolute atomic E-state index is 0.0127. The van der Waals surface area contributed by atoms with Crippen LogP contribution in [0.5, 0.6) is 0 Å². The van der Waals surface area contributed by atoms with E-state index in [0.29, 0.717) is 13.0 Å². The molecule has 0 aliphatic heterocycles. The van der Waals surface area contributed by atoms with Crippen molar-refractivity contribution in [2.24, 2.45) is 11.3 Å². The van der Waals surface area contributed by atoms with E-state index >= 15 is 0 Å². The van der Waals surface area contributed by atoms with Crippen molar-refractivity contribution in [1.29, 1.82) is 0 Å². The van der Waals surface area contributed by atoms with E-state index in [9.17, 15) is 9.59 Å². The predicted octanol–water partition coefficient (Wildman–Crippen LogP) is 2.17. The Kier molecular flexibility index (Phi) is 6.15. The Labute approximate surface area is 110 Å². The molecule has 0 heterocycles. The Morgan fingerprint density at radius 3 is 2.17 bits per heavy atom. The van der Waals surface area contributed by atoms with E-state index in [-0.39, 0.29) is 17.4 Å². The monoisotopic (exact) mass is 258 g/mol. The number of hydrogen-bond donors (Lipinski definition) is 2. The molecule has 5 heteroatoms. The van der Waals surface area contributed by atoms with Gasteiger partial charge in [0.05, 0.1) is 0 Å². The van der Waals surface area contributed by atoms with Crippen LogP contribution in [0.1, 0.15) is 41.0 Å². The van der Waals surface area contributed by atoms with Crippen LogP contribution in [0.25, 0.3) is 0 Å². The van der Waals surface area contributed by atoms with Gasteiger partial charge in [0.2, 0.25) is 0 Å². The van der Waals surface area contributed by atoms with Crippen LogP contribution in [-0.2, 0) is 4.79 Å². The third-order valence-corrected chi connectivity index (χ3v) is 2.82. The van der Waals surface area contributed by atoms with Crippen LogP contribution in [0.4, 0.5) is 4.79 Å². The molecule has 0 saturated carbocycles. The van der Waals surface area contributed by atoms with Gasteiger partial charge in [0.15, 0.2) is 0 Å². The minimum atomic E-state index is -0.984. The van der Waals surface area contributed by atoms with Crippen molar-refractivity contribution >= 4 is 12.0 Å². The van der Waals surface area contributed by atoms with Crippen molar-refractivity contribution in [3.8, 4) is 0 Å². The average molecular weight is 258 g/mol. The molecule has 0 aromatic heterocycles. The molecule has 2 atom stereocenters. The van der Waals surface area contributed by atoms with Gasteiger partial charge in [0, 0.05) is 13.6 Å². The van der Waals surface area contributed by atoms with Crippen molar-refractivity contribution in [3.63, 3.8) is 0 Å². The zero-order chi connectivity index (χ0) is 14.5. The van der Waals surface area contributed by atoms with Gasteiger partial charge in [-0.05, 0) is 11.3 Å². The number of aliphatic carboxylic acids is 1. The van der Waals surface area contributed by atoms with Gasteiger partial charge < -0.3 is 15.3 Å². The molecule has 0 unspecified atom stereocenters. The summed E-state index contributed by atoms with van der Waals surface area (Å²) in [5, 5.41) is 11.7. The molecule has 2 amide bonds. The summed E-state index contributed by atoms with van der Waals surface area (Å²) in [6.45, 7) is 10.4. The number of carbonyl (C=O) groups excluding carboxylic acids is 1. The van der Waals surface area contributed by atoms with Crippen LogP contribution < -0.4 is 5.32 Å². The largest absolute Gasteiger partial charge is 0.480 e. The highest BCUT2D eigenvalue weighted by atomic mass is 16.4. The Balaban J connectivity index is 4.56. The lowest BCUT2D eigenvalue weighted by Crippen LogP contribution is -2.50. The summed E-state index contributed by atoms with van der Waals surface area (Å²) >= 11 is 0. The molecule has 0 aliphatic rings. The fourth-order valence-corrected chi connectivity index (χ4v) is 1.71. The van der Waals surface area contributed by atoms with E-state index in [1.54, 1.807) is 7.05 Å². The molecule has 0 bridgehead atoms. The van der Waals surface area contributed by atoms with E-state index in [1.807, 2.05) is 34.6 Å². The number of amides is 2. The standard InChI is InChI=1S/C13H26N2O3/c1-7-9(2)10(11(16)17)14-12(18)15(6)8-13(3,4)5/h9-10H,7-8H2,1-6H3,(H,14,18)(H,16,17)/t9-,10-/m0/s1. The molecule has 5 nitrogen and oxygen atoms in total. The van der Waals surface area contributed by atoms with Crippen molar-refractivity contribution < 1.29 is 14.7 Å². The van der Waals surface area contributed by atoms with Crippen molar-refractivity contribution in [1.82, 2.24) is 10.2 Å². The van der Waals surface area contributed by atoms with Gasteiger partial charge in [-0.2, -0.15) is 0 Å². The quantitative estimate of drug-likeness (QED) is 0.794. The van der Waals surface area contributed by atoms with E-state index in [2.05, 4.69) is 5.32 Å². The first-order valence-electron chi connectivity index (χ1n) is 6.33. The number of urea groups is 1. The normalized spacial score (nSPS) is 14.8. The minimum Gasteiger partial charge on any atom is -0.480 e. The molecule has 2 N–H and O–H groups in total. The predicted molar refractivity (Wildman–Crippen MR) is 71.5 cm³/mol. The first-order valence-corrected chi connectivity index (χ1v) is 6.33. The molecular formula is C13H26N2O3. The number of carboxylic acids is 1. The highest BCUT2D eigenvalue weighted by Crippen LogP contribution is 2.14. The molecule has 106 valence electrons. The zero-order valence-corrected chi connectivity index (χ0v) is 12.3. The van der Waals surface area contributed by atoms with Crippen LogP contribution in [0.15, 0.2) is 0 Å². The first-order chi connectivity index (χ1) is 8.08. The summed E-state index contributed by atoms with van der Waals surface area (Å²) in [5.41, 5.74) is -0.0127. The maximum Gasteiger partial charge on any atom is 0.326 e. The summed E-state index contributed by atoms with van der Waals surface area (Å²) < 4.78 is 0. The van der Waals surface area contributed by atoms with Crippen LogP contribution in [0.2, 0.25) is 0 Å². The van der Waals surface area contributed by atoms with Crippen molar-refractivity contribution in [2.45, 2.75) is 47.1 Å². The molecule has 0 aromatic rings. The Bertz CT molecular complexity index is 297. The number of nitrogens with one attached hydrogen (secondary N) is 1. The summed E-state index contributed by atoms with van der Waals surface area (Å²) in [6.07, 6.45) is 0.709. The third kappa shape index (κ3) is 5.89. The Morgan fingerprint density at radius 1 is 1.33 bits per heavy atom. The number of carbonyl (C=O) groups is 2. The van der Waals surface area contributed by atoms with E-state index in [0.717, 1.165) is 0 Å². The molecular weight excluding hydrogens is 232 g/mol. The van der Waals surface area contributed by atoms with E-state index in [1.165, 1.54) is 4.90 Å². The van der Waals surface area contributed by atoms with Gasteiger partial charge in [-0.25, -0.2) is 9.59 Å². The number of rotatable bonds is 5. The molecule has 0 rings (SSSR count). The lowest BCUT2D eigenvalue weighted by molar-refractivity contribution is -0.140. The summed E-state index contributed by atoms with van der Waals surface area (Å²) in [5.74, 6) is -1.07. The molecule has 0 aromatic carbocycles. The highest BCUT2D eigenvalue weighted by molar-refractivity contribution is 5.82. The van der Waals surface area contributed by atoms with Crippen LogP contribution in [-0.4, -0.2) is 41.6 Å².